The highest BCUT2D eigenvalue weighted by Crippen LogP contribution is 2.22. The summed E-state index contributed by atoms with van der Waals surface area (Å²) in [6, 6.07) is 0.177. The van der Waals surface area contributed by atoms with Crippen molar-refractivity contribution in [1.82, 2.24) is 15.3 Å². The van der Waals surface area contributed by atoms with Gasteiger partial charge >= 0.3 is 0 Å². The molecule has 2 rings (SSSR count). The SMILES string of the molecule is CC1(C)CC(Nc2nc(Cl)ncc2F)CCCCCN1. The third-order valence-corrected chi connectivity index (χ3v) is 3.83. The molecule has 0 aliphatic carbocycles. The summed E-state index contributed by atoms with van der Waals surface area (Å²) in [5, 5.41) is 6.80. The number of hydrogen-bond acceptors (Lipinski definition) is 4. The predicted molar refractivity (Wildman–Crippen MR) is 79.6 cm³/mol. The van der Waals surface area contributed by atoms with Crippen molar-refractivity contribution in [2.45, 2.75) is 57.5 Å². The molecule has 4 nitrogen and oxygen atoms in total. The van der Waals surface area contributed by atoms with E-state index in [2.05, 4.69) is 34.4 Å². The zero-order valence-electron chi connectivity index (χ0n) is 12.0. The number of rotatable bonds is 2. The Morgan fingerprint density at radius 2 is 2.20 bits per heavy atom. The first-order valence-corrected chi connectivity index (χ1v) is 7.54. The summed E-state index contributed by atoms with van der Waals surface area (Å²) in [6.45, 7) is 5.39. The molecule has 2 heterocycles. The summed E-state index contributed by atoms with van der Waals surface area (Å²) >= 11 is 5.73. The van der Waals surface area contributed by atoms with Crippen molar-refractivity contribution in [3.8, 4) is 0 Å². The largest absolute Gasteiger partial charge is 0.365 e. The lowest BCUT2D eigenvalue weighted by molar-refractivity contribution is 0.344. The van der Waals surface area contributed by atoms with Crippen LogP contribution in [0.1, 0.15) is 46.0 Å². The molecule has 1 aliphatic heterocycles. The van der Waals surface area contributed by atoms with Crippen LogP contribution >= 0.6 is 11.6 Å². The summed E-state index contributed by atoms with van der Waals surface area (Å²) in [5.74, 6) is -0.259. The normalized spacial score (nSPS) is 23.5. The zero-order chi connectivity index (χ0) is 14.6. The Balaban J connectivity index is 2.09. The Morgan fingerprint density at radius 1 is 1.40 bits per heavy atom. The molecule has 6 heteroatoms. The molecule has 0 saturated carbocycles. The minimum Gasteiger partial charge on any atom is -0.365 e. The lowest BCUT2D eigenvalue weighted by Crippen LogP contribution is -2.43. The molecule has 1 atom stereocenters. The fourth-order valence-corrected chi connectivity index (χ4v) is 2.81. The van der Waals surface area contributed by atoms with Crippen LogP contribution in [0.15, 0.2) is 6.20 Å². The molecule has 0 radical (unpaired) electrons. The van der Waals surface area contributed by atoms with Crippen LogP contribution in [0.4, 0.5) is 10.2 Å². The molecule has 1 aromatic rings. The number of halogens is 2. The van der Waals surface area contributed by atoms with Crippen molar-refractivity contribution >= 4 is 17.4 Å². The fraction of sp³-hybridized carbons (Fsp3) is 0.714. The monoisotopic (exact) mass is 300 g/mol. The highest BCUT2D eigenvalue weighted by atomic mass is 35.5. The van der Waals surface area contributed by atoms with Crippen LogP contribution in [0.2, 0.25) is 5.28 Å². The maximum atomic E-state index is 13.7. The van der Waals surface area contributed by atoms with Gasteiger partial charge in [0, 0.05) is 11.6 Å². The molecule has 1 unspecified atom stereocenters. The Morgan fingerprint density at radius 3 is 3.00 bits per heavy atom. The standard InChI is InChI=1S/C14H22ClFN4/c1-14(2)8-10(6-4-3-5-7-18-14)19-12-11(16)9-17-13(15)20-12/h9-10,18H,3-8H2,1-2H3,(H,17,19,20). The van der Waals surface area contributed by atoms with E-state index in [1.54, 1.807) is 0 Å². The van der Waals surface area contributed by atoms with Gasteiger partial charge in [-0.05, 0) is 51.3 Å². The molecule has 1 aromatic heterocycles. The molecule has 0 bridgehead atoms. The molecule has 20 heavy (non-hydrogen) atoms. The van der Waals surface area contributed by atoms with Crippen LogP contribution in [0.25, 0.3) is 0 Å². The van der Waals surface area contributed by atoms with Gasteiger partial charge < -0.3 is 10.6 Å². The topological polar surface area (TPSA) is 49.8 Å². The first kappa shape index (κ1) is 15.4. The van der Waals surface area contributed by atoms with Crippen molar-refractivity contribution in [2.24, 2.45) is 0 Å². The summed E-state index contributed by atoms with van der Waals surface area (Å²) in [4.78, 5) is 7.58. The maximum absolute atomic E-state index is 13.7. The molecule has 2 N–H and O–H groups in total. The quantitative estimate of drug-likeness (QED) is 0.822. The van der Waals surface area contributed by atoms with Gasteiger partial charge in [-0.2, -0.15) is 4.98 Å². The van der Waals surface area contributed by atoms with Crippen LogP contribution < -0.4 is 10.6 Å². The van der Waals surface area contributed by atoms with E-state index >= 15 is 0 Å². The second-order valence-corrected chi connectivity index (χ2v) is 6.38. The third kappa shape index (κ3) is 4.56. The average molecular weight is 301 g/mol. The maximum Gasteiger partial charge on any atom is 0.224 e. The molecule has 0 aromatic carbocycles. The molecule has 1 saturated heterocycles. The van der Waals surface area contributed by atoms with Gasteiger partial charge in [-0.1, -0.05) is 12.8 Å². The van der Waals surface area contributed by atoms with Gasteiger partial charge in [-0.15, -0.1) is 0 Å². The summed E-state index contributed by atoms with van der Waals surface area (Å²) < 4.78 is 13.7. The van der Waals surface area contributed by atoms with Crippen molar-refractivity contribution in [3.05, 3.63) is 17.3 Å². The Bertz CT molecular complexity index is 453. The highest BCUT2D eigenvalue weighted by Gasteiger charge is 2.24. The van der Waals surface area contributed by atoms with Gasteiger partial charge in [-0.25, -0.2) is 9.37 Å². The first-order valence-electron chi connectivity index (χ1n) is 7.16. The van der Waals surface area contributed by atoms with E-state index in [1.165, 1.54) is 12.8 Å². The van der Waals surface area contributed by atoms with Crippen molar-refractivity contribution in [3.63, 3.8) is 0 Å². The molecular formula is C14H22ClFN4. The van der Waals surface area contributed by atoms with E-state index in [0.717, 1.165) is 32.0 Å². The van der Waals surface area contributed by atoms with Crippen molar-refractivity contribution < 1.29 is 4.39 Å². The van der Waals surface area contributed by atoms with Crippen LogP contribution in [-0.2, 0) is 0 Å². The second-order valence-electron chi connectivity index (χ2n) is 6.04. The highest BCUT2D eigenvalue weighted by molar-refractivity contribution is 6.28. The van der Waals surface area contributed by atoms with Gasteiger partial charge in [-0.3, -0.25) is 0 Å². The number of anilines is 1. The smallest absolute Gasteiger partial charge is 0.224 e. The molecule has 1 fully saturated rings. The van der Waals surface area contributed by atoms with E-state index < -0.39 is 5.82 Å². The Kier molecular flexibility index (Phi) is 5.16. The van der Waals surface area contributed by atoms with Gasteiger partial charge in [0.25, 0.3) is 0 Å². The molecule has 1 aliphatic rings. The lowest BCUT2D eigenvalue weighted by Gasteiger charge is -2.31. The van der Waals surface area contributed by atoms with Crippen LogP contribution in [0, 0.1) is 5.82 Å². The summed E-state index contributed by atoms with van der Waals surface area (Å²) in [5.41, 5.74) is 0.0231. The van der Waals surface area contributed by atoms with Gasteiger partial charge in [0.2, 0.25) is 5.28 Å². The van der Waals surface area contributed by atoms with Crippen LogP contribution in [0.3, 0.4) is 0 Å². The summed E-state index contributed by atoms with van der Waals surface area (Å²) in [6.07, 6.45) is 6.53. The number of nitrogens with zero attached hydrogens (tertiary/aromatic N) is 2. The van der Waals surface area contributed by atoms with E-state index in [1.807, 2.05) is 0 Å². The molecular weight excluding hydrogens is 279 g/mol. The van der Waals surface area contributed by atoms with Gasteiger partial charge in [0.15, 0.2) is 11.6 Å². The van der Waals surface area contributed by atoms with Crippen LogP contribution in [-0.4, -0.2) is 28.1 Å². The van der Waals surface area contributed by atoms with Crippen molar-refractivity contribution in [1.29, 1.82) is 0 Å². The minimum absolute atomic E-state index is 0.0231. The van der Waals surface area contributed by atoms with Gasteiger partial charge in [0.05, 0.1) is 6.20 Å². The third-order valence-electron chi connectivity index (χ3n) is 3.65. The second kappa shape index (κ2) is 6.68. The Labute approximate surface area is 124 Å². The van der Waals surface area contributed by atoms with E-state index in [4.69, 9.17) is 11.6 Å². The zero-order valence-corrected chi connectivity index (χ0v) is 12.8. The van der Waals surface area contributed by atoms with E-state index in [-0.39, 0.29) is 22.7 Å². The van der Waals surface area contributed by atoms with Crippen LogP contribution in [0.5, 0.6) is 0 Å². The fourth-order valence-electron chi connectivity index (χ4n) is 2.67. The molecule has 0 amide bonds. The first-order chi connectivity index (χ1) is 9.46. The number of hydrogen-bond donors (Lipinski definition) is 2. The average Bonchev–Trinajstić information content (AvgIpc) is 2.44. The predicted octanol–water partition coefficient (Wildman–Crippen LogP) is 3.38. The Hall–Kier alpha value is -0.940. The summed E-state index contributed by atoms with van der Waals surface area (Å²) in [7, 11) is 0. The number of aromatic nitrogens is 2. The molecule has 0 spiro atoms. The van der Waals surface area contributed by atoms with E-state index in [9.17, 15) is 4.39 Å². The number of nitrogens with one attached hydrogen (secondary N) is 2. The van der Waals surface area contributed by atoms with Gasteiger partial charge in [0.1, 0.15) is 0 Å². The lowest BCUT2D eigenvalue weighted by atomic mass is 9.93. The minimum atomic E-state index is -0.458. The van der Waals surface area contributed by atoms with Crippen molar-refractivity contribution in [2.75, 3.05) is 11.9 Å². The molecule has 112 valence electrons. The van der Waals surface area contributed by atoms with E-state index in [0.29, 0.717) is 0 Å².